The molecule has 0 aliphatic rings. The van der Waals surface area contributed by atoms with Crippen LogP contribution < -0.4 is 10.1 Å². The molecule has 0 fully saturated rings. The van der Waals surface area contributed by atoms with E-state index >= 15 is 0 Å². The van der Waals surface area contributed by atoms with Crippen molar-refractivity contribution in [3.05, 3.63) is 69.3 Å². The van der Waals surface area contributed by atoms with E-state index in [-0.39, 0.29) is 30.2 Å². The summed E-state index contributed by atoms with van der Waals surface area (Å²) < 4.78 is 31.1. The highest BCUT2D eigenvalue weighted by molar-refractivity contribution is 5.95. The van der Waals surface area contributed by atoms with E-state index in [1.807, 2.05) is 0 Å². The quantitative estimate of drug-likeness (QED) is 0.505. The lowest BCUT2D eigenvalue weighted by atomic mass is 10.1. The van der Waals surface area contributed by atoms with Crippen LogP contribution in [0.1, 0.15) is 15.9 Å². The van der Waals surface area contributed by atoms with Crippen LogP contribution in [0.25, 0.3) is 0 Å². The molecule has 2 rings (SSSR count). The molecule has 6 nitrogen and oxygen atoms in total. The highest BCUT2D eigenvalue weighted by Gasteiger charge is 2.14. The van der Waals surface area contributed by atoms with Gasteiger partial charge in [-0.3, -0.25) is 14.9 Å². The summed E-state index contributed by atoms with van der Waals surface area (Å²) in [5.41, 5.74) is 0.462. The van der Waals surface area contributed by atoms with Gasteiger partial charge in [0, 0.05) is 23.3 Å². The number of halogens is 2. The number of amides is 1. The van der Waals surface area contributed by atoms with Crippen LogP contribution in [-0.4, -0.2) is 24.0 Å². The van der Waals surface area contributed by atoms with Crippen LogP contribution >= 0.6 is 0 Å². The second-order valence-electron chi connectivity index (χ2n) is 5.16. The molecule has 0 atom stereocenters. The zero-order valence-electron chi connectivity index (χ0n) is 13.7. The van der Waals surface area contributed by atoms with Gasteiger partial charge in [-0.2, -0.15) is 0 Å². The largest absolute Gasteiger partial charge is 0.478 e. The maximum Gasteiger partial charge on any atom is 0.273 e. The van der Waals surface area contributed by atoms with E-state index in [0.29, 0.717) is 11.6 Å². The minimum absolute atomic E-state index is 0.0181. The SMILES string of the molecule is Cc1ccc(C(=O)NCC#CCOc2ccc(F)cc2F)cc1[N+](=O)[O-]. The van der Waals surface area contributed by atoms with Crippen molar-refractivity contribution < 1.29 is 23.2 Å². The Morgan fingerprint density at radius 2 is 2.00 bits per heavy atom. The van der Waals surface area contributed by atoms with Crippen LogP contribution in [0.4, 0.5) is 14.5 Å². The average molecular weight is 360 g/mol. The number of aryl methyl sites for hydroxylation is 1. The van der Waals surface area contributed by atoms with Crippen molar-refractivity contribution in [2.45, 2.75) is 6.92 Å². The lowest BCUT2D eigenvalue weighted by Crippen LogP contribution is -2.23. The number of carbonyl (C=O) groups is 1. The zero-order chi connectivity index (χ0) is 19.1. The Morgan fingerprint density at radius 1 is 1.23 bits per heavy atom. The molecule has 8 heteroatoms. The summed E-state index contributed by atoms with van der Waals surface area (Å²) in [6, 6.07) is 7.07. The van der Waals surface area contributed by atoms with Gasteiger partial charge in [0.05, 0.1) is 11.5 Å². The van der Waals surface area contributed by atoms with E-state index in [2.05, 4.69) is 17.2 Å². The second-order valence-corrected chi connectivity index (χ2v) is 5.16. The third-order valence-electron chi connectivity index (χ3n) is 3.32. The van der Waals surface area contributed by atoms with Crippen molar-refractivity contribution in [1.82, 2.24) is 5.32 Å². The van der Waals surface area contributed by atoms with Crippen LogP contribution in [0.2, 0.25) is 0 Å². The van der Waals surface area contributed by atoms with Crippen molar-refractivity contribution in [3.63, 3.8) is 0 Å². The van der Waals surface area contributed by atoms with Gasteiger partial charge in [0.15, 0.2) is 11.6 Å². The highest BCUT2D eigenvalue weighted by Crippen LogP contribution is 2.19. The first kappa shape index (κ1) is 18.9. The molecule has 0 aromatic heterocycles. The van der Waals surface area contributed by atoms with Gasteiger partial charge in [0.2, 0.25) is 0 Å². The summed E-state index contributed by atoms with van der Waals surface area (Å²) in [5, 5.41) is 13.4. The number of carbonyl (C=O) groups excluding carboxylic acids is 1. The van der Waals surface area contributed by atoms with Crippen LogP contribution in [0.5, 0.6) is 5.75 Å². The number of nitrogens with zero attached hydrogens (tertiary/aromatic N) is 1. The zero-order valence-corrected chi connectivity index (χ0v) is 13.7. The fourth-order valence-electron chi connectivity index (χ4n) is 1.99. The Kier molecular flexibility index (Phi) is 6.22. The maximum atomic E-state index is 13.3. The fraction of sp³-hybridized carbons (Fsp3) is 0.167. The molecule has 1 N–H and O–H groups in total. The molecule has 0 saturated heterocycles. The van der Waals surface area contributed by atoms with Gasteiger partial charge in [0.25, 0.3) is 11.6 Å². The Labute approximate surface area is 147 Å². The van der Waals surface area contributed by atoms with Crippen LogP contribution in [0.3, 0.4) is 0 Å². The molecule has 2 aromatic rings. The predicted molar refractivity (Wildman–Crippen MR) is 89.8 cm³/mol. The molecule has 1 amide bonds. The van der Waals surface area contributed by atoms with Crippen molar-refractivity contribution in [2.75, 3.05) is 13.2 Å². The molecule has 0 heterocycles. The first-order chi connectivity index (χ1) is 12.4. The molecular weight excluding hydrogens is 346 g/mol. The molecule has 0 spiro atoms. The monoisotopic (exact) mass is 360 g/mol. The van der Waals surface area contributed by atoms with E-state index in [0.717, 1.165) is 12.1 Å². The maximum absolute atomic E-state index is 13.3. The molecule has 134 valence electrons. The van der Waals surface area contributed by atoms with Crippen molar-refractivity contribution in [1.29, 1.82) is 0 Å². The van der Waals surface area contributed by atoms with E-state index < -0.39 is 22.5 Å². The summed E-state index contributed by atoms with van der Waals surface area (Å²) in [5.74, 6) is 2.99. The second kappa shape index (κ2) is 8.58. The highest BCUT2D eigenvalue weighted by atomic mass is 19.1. The molecule has 0 unspecified atom stereocenters. The molecule has 0 bridgehead atoms. The molecule has 2 aromatic carbocycles. The normalized spacial score (nSPS) is 9.81. The minimum atomic E-state index is -0.832. The van der Waals surface area contributed by atoms with Crippen molar-refractivity contribution >= 4 is 11.6 Å². The number of nitro groups is 1. The number of nitro benzene ring substituents is 1. The number of ether oxygens (including phenoxy) is 1. The van der Waals surface area contributed by atoms with Crippen LogP contribution in [0.15, 0.2) is 36.4 Å². The Balaban J connectivity index is 1.85. The van der Waals surface area contributed by atoms with Crippen molar-refractivity contribution in [3.8, 4) is 17.6 Å². The first-order valence-corrected chi connectivity index (χ1v) is 7.45. The number of benzene rings is 2. The molecule has 26 heavy (non-hydrogen) atoms. The Hall–Kier alpha value is -3.47. The van der Waals surface area contributed by atoms with Gasteiger partial charge in [-0.25, -0.2) is 8.78 Å². The standard InChI is InChI=1S/C18H14F2N2O4/c1-12-4-5-13(10-16(12)22(24)25)18(23)21-8-2-3-9-26-17-7-6-14(19)11-15(17)20/h4-7,10-11H,8-9H2,1H3,(H,21,23). The van der Waals surface area contributed by atoms with Gasteiger partial charge >= 0.3 is 0 Å². The molecular formula is C18H14F2N2O4. The van der Waals surface area contributed by atoms with Gasteiger partial charge in [-0.15, -0.1) is 0 Å². The van der Waals surface area contributed by atoms with Gasteiger partial charge in [-0.05, 0) is 25.1 Å². The fourth-order valence-corrected chi connectivity index (χ4v) is 1.99. The average Bonchev–Trinajstić information content (AvgIpc) is 2.59. The third kappa shape index (κ3) is 5.01. The Bertz CT molecular complexity index is 904. The molecule has 0 aliphatic carbocycles. The number of hydrogen-bond donors (Lipinski definition) is 1. The number of nitrogens with one attached hydrogen (secondary N) is 1. The van der Waals surface area contributed by atoms with Crippen LogP contribution in [-0.2, 0) is 0 Å². The van der Waals surface area contributed by atoms with E-state index in [1.54, 1.807) is 6.92 Å². The van der Waals surface area contributed by atoms with Crippen LogP contribution in [0, 0.1) is 40.5 Å². The summed E-state index contributed by atoms with van der Waals surface area (Å²) in [6.07, 6.45) is 0. The molecule has 0 radical (unpaired) electrons. The smallest absolute Gasteiger partial charge is 0.273 e. The van der Waals surface area contributed by atoms with Crippen molar-refractivity contribution in [2.24, 2.45) is 0 Å². The number of rotatable bonds is 5. The summed E-state index contributed by atoms with van der Waals surface area (Å²) in [4.78, 5) is 22.3. The number of hydrogen-bond acceptors (Lipinski definition) is 4. The molecule has 0 saturated carbocycles. The van der Waals surface area contributed by atoms with E-state index in [4.69, 9.17) is 4.74 Å². The topological polar surface area (TPSA) is 81.5 Å². The lowest BCUT2D eigenvalue weighted by Gasteiger charge is -2.04. The van der Waals surface area contributed by atoms with Gasteiger partial charge < -0.3 is 10.1 Å². The van der Waals surface area contributed by atoms with Gasteiger partial charge in [-0.1, -0.05) is 17.9 Å². The summed E-state index contributed by atoms with van der Waals surface area (Å²) >= 11 is 0. The minimum Gasteiger partial charge on any atom is -0.478 e. The Morgan fingerprint density at radius 3 is 2.69 bits per heavy atom. The van der Waals surface area contributed by atoms with Gasteiger partial charge in [0.1, 0.15) is 12.4 Å². The molecule has 0 aliphatic heterocycles. The predicted octanol–water partition coefficient (Wildman–Crippen LogP) is 2.99. The summed E-state index contributed by atoms with van der Waals surface area (Å²) in [6.45, 7) is 1.42. The summed E-state index contributed by atoms with van der Waals surface area (Å²) in [7, 11) is 0. The first-order valence-electron chi connectivity index (χ1n) is 7.45. The third-order valence-corrected chi connectivity index (χ3v) is 3.32. The van der Waals surface area contributed by atoms with E-state index in [9.17, 15) is 23.7 Å². The van der Waals surface area contributed by atoms with E-state index in [1.165, 1.54) is 18.2 Å². The lowest BCUT2D eigenvalue weighted by molar-refractivity contribution is -0.385.